The molecule has 0 heterocycles. The van der Waals surface area contributed by atoms with Gasteiger partial charge in [-0.3, -0.25) is 0 Å². The van der Waals surface area contributed by atoms with Gasteiger partial charge in [0, 0.05) is 17.0 Å². The molecule has 0 fully saturated rings. The normalized spacial score (nSPS) is 12.4. The van der Waals surface area contributed by atoms with Crippen molar-refractivity contribution in [3.63, 3.8) is 0 Å². The maximum atomic E-state index is 13.9. The SMILES string of the molecule is CCc1ccc(CC)c(C(O)Cc2c(F)cccc2Cl)c1. The third-order valence-corrected chi connectivity index (χ3v) is 4.17. The monoisotopic (exact) mass is 306 g/mol. The van der Waals surface area contributed by atoms with Crippen LogP contribution in [0.1, 0.15) is 42.2 Å². The molecule has 0 amide bonds. The smallest absolute Gasteiger partial charge is 0.127 e. The molecule has 0 spiro atoms. The second-order valence-electron chi connectivity index (χ2n) is 5.16. The number of aliphatic hydroxyl groups excluding tert-OH is 1. The minimum atomic E-state index is -0.749. The van der Waals surface area contributed by atoms with Gasteiger partial charge in [0.25, 0.3) is 0 Å². The fraction of sp³-hybridized carbons (Fsp3) is 0.333. The molecular formula is C18H20ClFO. The number of halogens is 2. The highest BCUT2D eigenvalue weighted by atomic mass is 35.5. The molecule has 2 aromatic rings. The lowest BCUT2D eigenvalue weighted by molar-refractivity contribution is 0.176. The van der Waals surface area contributed by atoms with Crippen molar-refractivity contribution in [2.45, 2.75) is 39.2 Å². The Hall–Kier alpha value is -1.38. The van der Waals surface area contributed by atoms with E-state index in [-0.39, 0.29) is 12.2 Å². The van der Waals surface area contributed by atoms with E-state index in [4.69, 9.17) is 11.6 Å². The number of aryl methyl sites for hydroxylation is 2. The van der Waals surface area contributed by atoms with Crippen molar-refractivity contribution in [3.05, 3.63) is 69.5 Å². The summed E-state index contributed by atoms with van der Waals surface area (Å²) in [5, 5.41) is 10.9. The van der Waals surface area contributed by atoms with E-state index in [2.05, 4.69) is 13.0 Å². The van der Waals surface area contributed by atoms with E-state index in [1.54, 1.807) is 12.1 Å². The summed E-state index contributed by atoms with van der Waals surface area (Å²) >= 11 is 6.04. The summed E-state index contributed by atoms with van der Waals surface area (Å²) < 4.78 is 13.9. The second kappa shape index (κ2) is 7.06. The Labute approximate surface area is 130 Å². The maximum Gasteiger partial charge on any atom is 0.127 e. The zero-order valence-corrected chi connectivity index (χ0v) is 13.1. The summed E-state index contributed by atoms with van der Waals surface area (Å²) in [6, 6.07) is 10.7. The zero-order chi connectivity index (χ0) is 15.4. The fourth-order valence-electron chi connectivity index (χ4n) is 2.53. The third kappa shape index (κ3) is 3.63. The molecule has 2 aromatic carbocycles. The van der Waals surface area contributed by atoms with Crippen molar-refractivity contribution in [2.75, 3.05) is 0 Å². The molecule has 3 heteroatoms. The van der Waals surface area contributed by atoms with E-state index in [1.165, 1.54) is 11.6 Å². The van der Waals surface area contributed by atoms with Crippen LogP contribution in [0.15, 0.2) is 36.4 Å². The summed E-state index contributed by atoms with van der Waals surface area (Å²) in [4.78, 5) is 0. The van der Waals surface area contributed by atoms with E-state index in [0.717, 1.165) is 24.0 Å². The number of hydrogen-bond acceptors (Lipinski definition) is 1. The van der Waals surface area contributed by atoms with Crippen LogP contribution >= 0.6 is 11.6 Å². The van der Waals surface area contributed by atoms with Gasteiger partial charge < -0.3 is 5.11 Å². The van der Waals surface area contributed by atoms with Crippen LogP contribution in [-0.4, -0.2) is 5.11 Å². The second-order valence-corrected chi connectivity index (χ2v) is 5.57. The van der Waals surface area contributed by atoms with Crippen molar-refractivity contribution in [3.8, 4) is 0 Å². The Balaban J connectivity index is 2.33. The lowest BCUT2D eigenvalue weighted by atomic mass is 9.93. The van der Waals surface area contributed by atoms with Crippen molar-refractivity contribution >= 4 is 11.6 Å². The summed E-state index contributed by atoms with van der Waals surface area (Å²) in [6.45, 7) is 4.12. The van der Waals surface area contributed by atoms with Gasteiger partial charge in [0.15, 0.2) is 0 Å². The largest absolute Gasteiger partial charge is 0.388 e. The lowest BCUT2D eigenvalue weighted by Crippen LogP contribution is -2.07. The highest BCUT2D eigenvalue weighted by Crippen LogP contribution is 2.28. The summed E-state index contributed by atoms with van der Waals surface area (Å²) in [5.41, 5.74) is 3.50. The van der Waals surface area contributed by atoms with Gasteiger partial charge in [0.2, 0.25) is 0 Å². The topological polar surface area (TPSA) is 20.2 Å². The number of aliphatic hydroxyl groups is 1. The van der Waals surface area contributed by atoms with Crippen LogP contribution in [0, 0.1) is 5.82 Å². The lowest BCUT2D eigenvalue weighted by Gasteiger charge is -2.17. The summed E-state index contributed by atoms with van der Waals surface area (Å²) in [5.74, 6) is -0.369. The van der Waals surface area contributed by atoms with Crippen LogP contribution < -0.4 is 0 Å². The molecular weight excluding hydrogens is 287 g/mol. The van der Waals surface area contributed by atoms with Crippen LogP contribution in [0.25, 0.3) is 0 Å². The van der Waals surface area contributed by atoms with Crippen molar-refractivity contribution in [2.24, 2.45) is 0 Å². The first-order chi connectivity index (χ1) is 10.1. The van der Waals surface area contributed by atoms with E-state index >= 15 is 0 Å². The van der Waals surface area contributed by atoms with Crippen LogP contribution in [-0.2, 0) is 19.3 Å². The first-order valence-electron chi connectivity index (χ1n) is 7.29. The average Bonchev–Trinajstić information content (AvgIpc) is 2.50. The van der Waals surface area contributed by atoms with Gasteiger partial charge in [-0.15, -0.1) is 0 Å². The highest BCUT2D eigenvalue weighted by molar-refractivity contribution is 6.31. The Morgan fingerprint density at radius 2 is 1.90 bits per heavy atom. The Morgan fingerprint density at radius 1 is 1.14 bits per heavy atom. The van der Waals surface area contributed by atoms with Crippen LogP contribution in [0.5, 0.6) is 0 Å². The number of rotatable bonds is 5. The molecule has 1 atom stereocenters. The predicted molar refractivity (Wildman–Crippen MR) is 85.3 cm³/mol. The van der Waals surface area contributed by atoms with Gasteiger partial charge in [0.05, 0.1) is 6.10 Å². The van der Waals surface area contributed by atoms with Crippen molar-refractivity contribution in [1.29, 1.82) is 0 Å². The molecule has 0 saturated carbocycles. The van der Waals surface area contributed by atoms with Crippen molar-refractivity contribution in [1.82, 2.24) is 0 Å². The average molecular weight is 307 g/mol. The molecule has 1 N–H and O–H groups in total. The Bertz CT molecular complexity index is 604. The first kappa shape index (κ1) is 16.0. The van der Waals surface area contributed by atoms with Gasteiger partial charge in [-0.1, -0.05) is 49.7 Å². The maximum absolute atomic E-state index is 13.9. The molecule has 0 radical (unpaired) electrons. The molecule has 0 aromatic heterocycles. The van der Waals surface area contributed by atoms with Gasteiger partial charge in [-0.05, 0) is 41.7 Å². The Kier molecular flexibility index (Phi) is 5.38. The van der Waals surface area contributed by atoms with E-state index in [1.807, 2.05) is 19.1 Å². The highest BCUT2D eigenvalue weighted by Gasteiger charge is 2.17. The third-order valence-electron chi connectivity index (χ3n) is 3.82. The molecule has 112 valence electrons. The minimum Gasteiger partial charge on any atom is -0.388 e. The van der Waals surface area contributed by atoms with E-state index < -0.39 is 6.10 Å². The van der Waals surface area contributed by atoms with E-state index in [9.17, 15) is 9.50 Å². The van der Waals surface area contributed by atoms with Gasteiger partial charge in [-0.25, -0.2) is 4.39 Å². The first-order valence-corrected chi connectivity index (χ1v) is 7.67. The fourth-order valence-corrected chi connectivity index (χ4v) is 2.77. The van der Waals surface area contributed by atoms with Crippen LogP contribution in [0.2, 0.25) is 5.02 Å². The summed E-state index contributed by atoms with van der Waals surface area (Å²) in [6.07, 6.45) is 1.18. The standard InChI is InChI=1S/C18H20ClFO/c1-3-12-8-9-13(4-2)14(10-12)18(21)11-15-16(19)6-5-7-17(15)20/h5-10,18,21H,3-4,11H2,1-2H3. The number of hydrogen-bond donors (Lipinski definition) is 1. The van der Waals surface area contributed by atoms with Gasteiger partial charge in [0.1, 0.15) is 5.82 Å². The molecule has 0 saturated heterocycles. The molecule has 21 heavy (non-hydrogen) atoms. The quantitative estimate of drug-likeness (QED) is 0.834. The molecule has 0 aliphatic carbocycles. The van der Waals surface area contributed by atoms with Crippen LogP contribution in [0.4, 0.5) is 4.39 Å². The van der Waals surface area contributed by atoms with Crippen LogP contribution in [0.3, 0.4) is 0 Å². The minimum absolute atomic E-state index is 0.186. The van der Waals surface area contributed by atoms with Crippen molar-refractivity contribution < 1.29 is 9.50 Å². The molecule has 0 aliphatic heterocycles. The zero-order valence-electron chi connectivity index (χ0n) is 12.4. The summed E-state index contributed by atoms with van der Waals surface area (Å²) in [7, 11) is 0. The molecule has 2 rings (SSSR count). The number of benzene rings is 2. The molecule has 1 nitrogen and oxygen atoms in total. The Morgan fingerprint density at radius 3 is 2.52 bits per heavy atom. The van der Waals surface area contributed by atoms with Gasteiger partial charge >= 0.3 is 0 Å². The molecule has 0 aliphatic rings. The van der Waals surface area contributed by atoms with Gasteiger partial charge in [-0.2, -0.15) is 0 Å². The molecule has 1 unspecified atom stereocenters. The molecule has 0 bridgehead atoms. The van der Waals surface area contributed by atoms with E-state index in [0.29, 0.717) is 10.6 Å². The predicted octanol–water partition coefficient (Wildman–Crippen LogP) is 4.88.